The van der Waals surface area contributed by atoms with E-state index in [4.69, 9.17) is 16.9 Å². The minimum absolute atomic E-state index is 0.00694. The molecular weight excluding hydrogens is 230 g/mol. The molecule has 1 atom stereocenters. The number of nitrogens with two attached hydrogens (primary N) is 2. The van der Waals surface area contributed by atoms with Crippen LogP contribution in [-0.2, 0) is 9.59 Å². The van der Waals surface area contributed by atoms with Gasteiger partial charge in [0.05, 0.1) is 5.57 Å². The second-order valence-electron chi connectivity index (χ2n) is 4.43. The Morgan fingerprint density at radius 2 is 1.78 bits per heavy atom. The van der Waals surface area contributed by atoms with Gasteiger partial charge < -0.3 is 16.9 Å². The predicted molar refractivity (Wildman–Crippen MR) is 72.1 cm³/mol. The zero-order valence-corrected chi connectivity index (χ0v) is 11.4. The number of carbonyl (C=O) groups is 2. The first kappa shape index (κ1) is 16.4. The summed E-state index contributed by atoms with van der Waals surface area (Å²) in [6.45, 7) is 5.52. The van der Waals surface area contributed by atoms with E-state index in [9.17, 15) is 9.59 Å². The van der Waals surface area contributed by atoms with Crippen molar-refractivity contribution in [1.29, 1.82) is 5.41 Å². The number of hydrogen-bond donors (Lipinski definition) is 3. The highest BCUT2D eigenvalue weighted by Crippen LogP contribution is 2.27. The van der Waals surface area contributed by atoms with Gasteiger partial charge in [0.15, 0.2) is 0 Å². The Morgan fingerprint density at radius 1 is 1.22 bits per heavy atom. The lowest BCUT2D eigenvalue weighted by molar-refractivity contribution is -0.117. The molecule has 5 heteroatoms. The van der Waals surface area contributed by atoms with Crippen LogP contribution in [0.4, 0.5) is 0 Å². The highest BCUT2D eigenvalue weighted by Gasteiger charge is 2.22. The van der Waals surface area contributed by atoms with Gasteiger partial charge >= 0.3 is 0 Å². The van der Waals surface area contributed by atoms with Gasteiger partial charge in [0.1, 0.15) is 0 Å². The molecular formula is C13H23N3O2. The molecule has 0 saturated carbocycles. The molecule has 0 saturated heterocycles. The van der Waals surface area contributed by atoms with E-state index in [1.54, 1.807) is 0 Å². The van der Waals surface area contributed by atoms with Gasteiger partial charge in [-0.05, 0) is 31.3 Å². The van der Waals surface area contributed by atoms with Gasteiger partial charge in [-0.15, -0.1) is 0 Å². The third kappa shape index (κ3) is 4.69. The number of rotatable bonds is 8. The van der Waals surface area contributed by atoms with Crippen molar-refractivity contribution < 1.29 is 9.59 Å². The maximum atomic E-state index is 11.5. The lowest BCUT2D eigenvalue weighted by Gasteiger charge is -2.20. The summed E-state index contributed by atoms with van der Waals surface area (Å²) in [7, 11) is 0. The van der Waals surface area contributed by atoms with E-state index in [1.807, 2.05) is 13.8 Å². The monoisotopic (exact) mass is 253 g/mol. The van der Waals surface area contributed by atoms with Crippen LogP contribution in [0, 0.1) is 11.3 Å². The van der Waals surface area contributed by atoms with Crippen LogP contribution in [0.15, 0.2) is 11.1 Å². The molecule has 0 aliphatic rings. The summed E-state index contributed by atoms with van der Waals surface area (Å²) in [5, 5.41) is 7.65. The number of carbonyl (C=O) groups excluding carboxylic acids is 2. The SMILES string of the molecule is CCCC(CC)/C(CC(N)=O)=C(\C(C)=N)C(N)=O. The van der Waals surface area contributed by atoms with Crippen molar-refractivity contribution in [3.8, 4) is 0 Å². The summed E-state index contributed by atoms with van der Waals surface area (Å²) < 4.78 is 0. The first-order valence-electron chi connectivity index (χ1n) is 6.21. The van der Waals surface area contributed by atoms with Gasteiger partial charge in [-0.1, -0.05) is 20.3 Å². The number of nitrogens with one attached hydrogen (secondary N) is 1. The molecule has 102 valence electrons. The summed E-state index contributed by atoms with van der Waals surface area (Å²) in [4.78, 5) is 22.6. The van der Waals surface area contributed by atoms with Gasteiger partial charge in [-0.3, -0.25) is 9.59 Å². The number of primary amides is 2. The predicted octanol–water partition coefficient (Wildman–Crippen LogP) is 1.51. The minimum Gasteiger partial charge on any atom is -0.369 e. The second kappa shape index (κ2) is 7.63. The van der Waals surface area contributed by atoms with Crippen LogP contribution < -0.4 is 11.5 Å². The Balaban J connectivity index is 5.66. The van der Waals surface area contributed by atoms with Crippen molar-refractivity contribution in [2.24, 2.45) is 17.4 Å². The topological polar surface area (TPSA) is 110 Å². The number of amides is 2. The van der Waals surface area contributed by atoms with E-state index >= 15 is 0 Å². The largest absolute Gasteiger partial charge is 0.369 e. The van der Waals surface area contributed by atoms with Crippen molar-refractivity contribution in [3.05, 3.63) is 11.1 Å². The molecule has 0 aromatic rings. The quantitative estimate of drug-likeness (QED) is 0.450. The van der Waals surface area contributed by atoms with E-state index in [1.165, 1.54) is 6.92 Å². The molecule has 0 fully saturated rings. The average molecular weight is 253 g/mol. The Hall–Kier alpha value is -1.65. The van der Waals surface area contributed by atoms with Gasteiger partial charge in [-0.25, -0.2) is 0 Å². The molecule has 0 aromatic heterocycles. The van der Waals surface area contributed by atoms with Crippen molar-refractivity contribution in [2.75, 3.05) is 0 Å². The Kier molecular flexibility index (Phi) is 6.93. The molecule has 0 rings (SSSR count). The van der Waals surface area contributed by atoms with Crippen LogP contribution in [0.25, 0.3) is 0 Å². The molecule has 0 aliphatic heterocycles. The van der Waals surface area contributed by atoms with Crippen LogP contribution in [-0.4, -0.2) is 17.5 Å². The molecule has 0 heterocycles. The molecule has 2 amide bonds. The number of hydrogen-bond acceptors (Lipinski definition) is 3. The van der Waals surface area contributed by atoms with E-state index in [-0.39, 0.29) is 23.6 Å². The summed E-state index contributed by atoms with van der Waals surface area (Å²) in [6.07, 6.45) is 2.57. The summed E-state index contributed by atoms with van der Waals surface area (Å²) in [5.41, 5.74) is 11.4. The van der Waals surface area contributed by atoms with Crippen molar-refractivity contribution in [1.82, 2.24) is 0 Å². The Morgan fingerprint density at radius 3 is 2.06 bits per heavy atom. The van der Waals surface area contributed by atoms with E-state index in [0.29, 0.717) is 5.57 Å². The van der Waals surface area contributed by atoms with Crippen LogP contribution in [0.2, 0.25) is 0 Å². The summed E-state index contributed by atoms with van der Waals surface area (Å²) in [5.74, 6) is -1.09. The minimum atomic E-state index is -0.659. The molecule has 18 heavy (non-hydrogen) atoms. The second-order valence-corrected chi connectivity index (χ2v) is 4.43. The van der Waals surface area contributed by atoms with Crippen molar-refractivity contribution in [2.45, 2.75) is 46.5 Å². The molecule has 1 unspecified atom stereocenters. The highest BCUT2D eigenvalue weighted by atomic mass is 16.1. The van der Waals surface area contributed by atoms with Gasteiger partial charge in [0, 0.05) is 12.1 Å². The van der Waals surface area contributed by atoms with E-state index < -0.39 is 11.8 Å². The van der Waals surface area contributed by atoms with Crippen molar-refractivity contribution in [3.63, 3.8) is 0 Å². The normalized spacial score (nSPS) is 13.7. The van der Waals surface area contributed by atoms with Gasteiger partial charge in [0.2, 0.25) is 11.8 Å². The van der Waals surface area contributed by atoms with Gasteiger partial charge in [0.25, 0.3) is 0 Å². The van der Waals surface area contributed by atoms with E-state index in [0.717, 1.165) is 19.3 Å². The molecule has 5 N–H and O–H groups in total. The van der Waals surface area contributed by atoms with E-state index in [2.05, 4.69) is 0 Å². The fourth-order valence-electron chi connectivity index (χ4n) is 2.18. The van der Waals surface area contributed by atoms with Crippen LogP contribution in [0.5, 0.6) is 0 Å². The van der Waals surface area contributed by atoms with Crippen LogP contribution in [0.1, 0.15) is 46.5 Å². The first-order chi connectivity index (χ1) is 8.34. The van der Waals surface area contributed by atoms with Crippen molar-refractivity contribution >= 4 is 17.5 Å². The molecule has 5 nitrogen and oxygen atoms in total. The fourth-order valence-corrected chi connectivity index (χ4v) is 2.18. The lowest BCUT2D eigenvalue weighted by atomic mass is 9.84. The standard InChI is InChI=1S/C13H23N3O2/c1-4-6-9(5-2)10(7-11(15)17)12(8(3)14)13(16)18/h9,14H,4-7H2,1-3H3,(H2,15,17)(H2,16,18)/b12-10+,14-8?. The zero-order valence-electron chi connectivity index (χ0n) is 11.4. The highest BCUT2D eigenvalue weighted by molar-refractivity contribution is 6.20. The molecule has 0 aliphatic carbocycles. The molecule has 0 radical (unpaired) electrons. The molecule has 0 spiro atoms. The lowest BCUT2D eigenvalue weighted by Crippen LogP contribution is -2.25. The summed E-state index contributed by atoms with van der Waals surface area (Å²) >= 11 is 0. The van der Waals surface area contributed by atoms with Gasteiger partial charge in [-0.2, -0.15) is 0 Å². The Labute approximate surface area is 108 Å². The zero-order chi connectivity index (χ0) is 14.3. The molecule has 0 aromatic carbocycles. The molecule has 0 bridgehead atoms. The summed E-state index contributed by atoms with van der Waals surface area (Å²) in [6, 6.07) is 0. The average Bonchev–Trinajstić information content (AvgIpc) is 2.23. The third-order valence-electron chi connectivity index (χ3n) is 2.93. The smallest absolute Gasteiger partial charge is 0.250 e. The maximum Gasteiger partial charge on any atom is 0.250 e. The van der Waals surface area contributed by atoms with Crippen LogP contribution >= 0.6 is 0 Å². The first-order valence-corrected chi connectivity index (χ1v) is 6.21. The third-order valence-corrected chi connectivity index (χ3v) is 2.93. The fraction of sp³-hybridized carbons (Fsp3) is 0.615. The Bertz CT molecular complexity index is 356. The van der Waals surface area contributed by atoms with Crippen LogP contribution in [0.3, 0.4) is 0 Å². The maximum absolute atomic E-state index is 11.5.